The summed E-state index contributed by atoms with van der Waals surface area (Å²) in [5.41, 5.74) is 0.914. The van der Waals surface area contributed by atoms with Crippen LogP contribution >= 0.6 is 15.9 Å². The summed E-state index contributed by atoms with van der Waals surface area (Å²) < 4.78 is 6.22. The van der Waals surface area contributed by atoms with Crippen molar-refractivity contribution in [3.63, 3.8) is 0 Å². The fourth-order valence-corrected chi connectivity index (χ4v) is 3.05. The van der Waals surface area contributed by atoms with Crippen molar-refractivity contribution in [2.45, 2.75) is 37.8 Å². The van der Waals surface area contributed by atoms with Gasteiger partial charge in [0.2, 0.25) is 5.91 Å². The Hall–Kier alpha value is -1.07. The number of rotatable bonds is 4. The molecular weight excluding hydrogens is 320 g/mol. The van der Waals surface area contributed by atoms with Crippen molar-refractivity contribution in [3.05, 3.63) is 22.7 Å². The number of benzene rings is 1. The summed E-state index contributed by atoms with van der Waals surface area (Å²) in [6.45, 7) is 0.784. The molecule has 1 aromatic rings. The molecule has 1 saturated heterocycles. The molecular formula is C15H19BrN2O2. The zero-order chi connectivity index (χ0) is 14.1. The van der Waals surface area contributed by atoms with Gasteiger partial charge in [0.25, 0.3) is 0 Å². The molecule has 1 heterocycles. The second-order valence-corrected chi connectivity index (χ2v) is 6.30. The number of hydrogen-bond donors (Lipinski definition) is 1. The fraction of sp³-hybridized carbons (Fsp3) is 0.533. The van der Waals surface area contributed by atoms with Gasteiger partial charge in [0.05, 0.1) is 17.6 Å². The smallest absolute Gasteiger partial charge is 0.244 e. The standard InChI is InChI=1S/C15H19BrN2O2/c1-20-14-9-11(6-7-12(14)16)18-8-2-3-13(15(18)19)17-10-4-5-10/h6-7,9-10,13,17H,2-5,8H2,1H3. The largest absolute Gasteiger partial charge is 0.495 e. The Morgan fingerprint density at radius 1 is 1.35 bits per heavy atom. The summed E-state index contributed by atoms with van der Waals surface area (Å²) in [6.07, 6.45) is 4.39. The summed E-state index contributed by atoms with van der Waals surface area (Å²) in [4.78, 5) is 14.5. The number of nitrogens with zero attached hydrogens (tertiary/aromatic N) is 1. The Kier molecular flexibility index (Phi) is 3.98. The molecule has 1 unspecified atom stereocenters. The van der Waals surface area contributed by atoms with Crippen molar-refractivity contribution in [1.29, 1.82) is 0 Å². The topological polar surface area (TPSA) is 41.6 Å². The number of ether oxygens (including phenoxy) is 1. The van der Waals surface area contributed by atoms with E-state index in [9.17, 15) is 4.79 Å². The van der Waals surface area contributed by atoms with Crippen LogP contribution in [0.5, 0.6) is 5.75 Å². The molecule has 4 nitrogen and oxygen atoms in total. The summed E-state index contributed by atoms with van der Waals surface area (Å²) in [5, 5.41) is 3.45. The minimum atomic E-state index is -0.0223. The zero-order valence-electron chi connectivity index (χ0n) is 11.6. The Balaban J connectivity index is 1.79. The van der Waals surface area contributed by atoms with Gasteiger partial charge in [-0.05, 0) is 53.7 Å². The second kappa shape index (κ2) is 5.74. The van der Waals surface area contributed by atoms with Gasteiger partial charge in [-0.25, -0.2) is 0 Å². The van der Waals surface area contributed by atoms with Crippen molar-refractivity contribution in [3.8, 4) is 5.75 Å². The van der Waals surface area contributed by atoms with Crippen LogP contribution in [0, 0.1) is 0 Å². The molecule has 1 aliphatic carbocycles. The van der Waals surface area contributed by atoms with E-state index in [-0.39, 0.29) is 11.9 Å². The van der Waals surface area contributed by atoms with E-state index in [1.165, 1.54) is 12.8 Å². The van der Waals surface area contributed by atoms with Crippen LogP contribution in [0.4, 0.5) is 5.69 Å². The van der Waals surface area contributed by atoms with Crippen molar-refractivity contribution in [1.82, 2.24) is 5.32 Å². The van der Waals surface area contributed by atoms with Crippen LogP contribution in [-0.4, -0.2) is 31.6 Å². The average Bonchev–Trinajstić information content (AvgIpc) is 3.26. The van der Waals surface area contributed by atoms with Gasteiger partial charge in [-0.1, -0.05) is 0 Å². The number of halogens is 1. The highest BCUT2D eigenvalue weighted by Crippen LogP contribution is 2.31. The highest BCUT2D eigenvalue weighted by atomic mass is 79.9. The van der Waals surface area contributed by atoms with Crippen molar-refractivity contribution >= 4 is 27.5 Å². The predicted octanol–water partition coefficient (Wildman–Crippen LogP) is 2.71. The van der Waals surface area contributed by atoms with Crippen LogP contribution < -0.4 is 15.0 Å². The van der Waals surface area contributed by atoms with Crippen LogP contribution in [0.3, 0.4) is 0 Å². The lowest BCUT2D eigenvalue weighted by Gasteiger charge is -2.33. The lowest BCUT2D eigenvalue weighted by molar-refractivity contribution is -0.121. The fourth-order valence-electron chi connectivity index (χ4n) is 2.64. The minimum absolute atomic E-state index is 0.0223. The number of anilines is 1. The third kappa shape index (κ3) is 2.83. The van der Waals surface area contributed by atoms with Crippen molar-refractivity contribution < 1.29 is 9.53 Å². The van der Waals surface area contributed by atoms with Crippen LogP contribution in [0.2, 0.25) is 0 Å². The van der Waals surface area contributed by atoms with E-state index >= 15 is 0 Å². The molecule has 2 fully saturated rings. The Labute approximate surface area is 127 Å². The monoisotopic (exact) mass is 338 g/mol. The average molecular weight is 339 g/mol. The first kappa shape index (κ1) is 13.9. The lowest BCUT2D eigenvalue weighted by Crippen LogP contribution is -2.51. The molecule has 1 atom stereocenters. The van der Waals surface area contributed by atoms with Gasteiger partial charge in [0.15, 0.2) is 0 Å². The predicted molar refractivity (Wildman–Crippen MR) is 82.2 cm³/mol. The zero-order valence-corrected chi connectivity index (χ0v) is 13.1. The molecule has 0 aromatic heterocycles. The number of carbonyl (C=O) groups excluding carboxylic acids is 1. The lowest BCUT2D eigenvalue weighted by atomic mass is 10.0. The van der Waals surface area contributed by atoms with Gasteiger partial charge in [0, 0.05) is 24.3 Å². The maximum Gasteiger partial charge on any atom is 0.244 e. The number of nitrogens with one attached hydrogen (secondary N) is 1. The Bertz CT molecular complexity index is 517. The van der Waals surface area contributed by atoms with Gasteiger partial charge in [-0.15, -0.1) is 0 Å². The molecule has 0 bridgehead atoms. The number of hydrogen-bond acceptors (Lipinski definition) is 3. The molecule has 1 aromatic carbocycles. The van der Waals surface area contributed by atoms with Crippen LogP contribution in [0.15, 0.2) is 22.7 Å². The molecule has 0 spiro atoms. The van der Waals surface area contributed by atoms with Crippen LogP contribution in [-0.2, 0) is 4.79 Å². The number of piperidine rings is 1. The van der Waals surface area contributed by atoms with Gasteiger partial charge in [-0.2, -0.15) is 0 Å². The highest BCUT2D eigenvalue weighted by molar-refractivity contribution is 9.10. The van der Waals surface area contributed by atoms with E-state index in [2.05, 4.69) is 21.2 Å². The number of carbonyl (C=O) groups is 1. The molecule has 108 valence electrons. The van der Waals surface area contributed by atoms with Gasteiger partial charge in [-0.3, -0.25) is 4.79 Å². The van der Waals surface area contributed by atoms with E-state index < -0.39 is 0 Å². The third-order valence-electron chi connectivity index (χ3n) is 3.90. The Morgan fingerprint density at radius 3 is 2.85 bits per heavy atom. The minimum Gasteiger partial charge on any atom is -0.495 e. The first-order valence-electron chi connectivity index (χ1n) is 7.10. The first-order chi connectivity index (χ1) is 9.69. The molecule has 0 radical (unpaired) electrons. The Morgan fingerprint density at radius 2 is 2.15 bits per heavy atom. The van der Waals surface area contributed by atoms with E-state index in [0.29, 0.717) is 6.04 Å². The summed E-state index contributed by atoms with van der Waals surface area (Å²) in [5.74, 6) is 0.945. The van der Waals surface area contributed by atoms with Gasteiger partial charge in [0.1, 0.15) is 5.75 Å². The van der Waals surface area contributed by atoms with Crippen LogP contribution in [0.25, 0.3) is 0 Å². The molecule has 1 N–H and O–H groups in total. The summed E-state index contributed by atoms with van der Waals surface area (Å²) in [6, 6.07) is 6.35. The number of methoxy groups -OCH3 is 1. The van der Waals surface area contributed by atoms with Gasteiger partial charge < -0.3 is 15.0 Å². The molecule has 5 heteroatoms. The maximum atomic E-state index is 12.6. The number of amides is 1. The normalized spacial score (nSPS) is 23.0. The van der Waals surface area contributed by atoms with E-state index in [1.54, 1.807) is 7.11 Å². The second-order valence-electron chi connectivity index (χ2n) is 5.44. The molecule has 1 saturated carbocycles. The molecule has 3 rings (SSSR count). The molecule has 1 aliphatic heterocycles. The summed E-state index contributed by atoms with van der Waals surface area (Å²) in [7, 11) is 1.64. The van der Waals surface area contributed by atoms with E-state index in [4.69, 9.17) is 4.74 Å². The van der Waals surface area contributed by atoms with Gasteiger partial charge >= 0.3 is 0 Å². The summed E-state index contributed by atoms with van der Waals surface area (Å²) >= 11 is 3.44. The van der Waals surface area contributed by atoms with E-state index in [1.807, 2.05) is 23.1 Å². The quantitative estimate of drug-likeness (QED) is 0.917. The maximum absolute atomic E-state index is 12.6. The van der Waals surface area contributed by atoms with Crippen LogP contribution in [0.1, 0.15) is 25.7 Å². The SMILES string of the molecule is COc1cc(N2CCCC(NC3CC3)C2=O)ccc1Br. The molecule has 1 amide bonds. The molecule has 2 aliphatic rings. The first-order valence-corrected chi connectivity index (χ1v) is 7.89. The highest BCUT2D eigenvalue weighted by Gasteiger charge is 2.34. The van der Waals surface area contributed by atoms with Crippen molar-refractivity contribution in [2.24, 2.45) is 0 Å². The van der Waals surface area contributed by atoms with E-state index in [0.717, 1.165) is 35.3 Å². The van der Waals surface area contributed by atoms with Crippen molar-refractivity contribution in [2.75, 3.05) is 18.6 Å². The third-order valence-corrected chi connectivity index (χ3v) is 4.55. The molecule has 20 heavy (non-hydrogen) atoms.